The summed E-state index contributed by atoms with van der Waals surface area (Å²) in [5.41, 5.74) is 0.796. The second-order valence-electron chi connectivity index (χ2n) is 3.87. The first-order valence-electron chi connectivity index (χ1n) is 5.45. The maximum atomic E-state index is 12.0. The van der Waals surface area contributed by atoms with E-state index < -0.39 is 16.0 Å². The van der Waals surface area contributed by atoms with Crippen LogP contribution in [0.5, 0.6) is 0 Å². The predicted octanol–water partition coefficient (Wildman–Crippen LogP) is 2.69. The molecule has 0 atom stereocenters. The summed E-state index contributed by atoms with van der Waals surface area (Å²) in [7, 11) is -3.71. The molecule has 8 heteroatoms. The number of benzene rings is 1. The fourth-order valence-electron chi connectivity index (χ4n) is 1.47. The molecule has 0 radical (unpaired) electrons. The zero-order valence-electron chi connectivity index (χ0n) is 10.0. The van der Waals surface area contributed by atoms with Crippen molar-refractivity contribution in [1.29, 1.82) is 0 Å². The monoisotopic (exact) mass is 375 g/mol. The third kappa shape index (κ3) is 3.45. The Labute approximate surface area is 128 Å². The number of nitrogens with one attached hydrogen (secondary N) is 1. The van der Waals surface area contributed by atoms with Crippen LogP contribution in [0.3, 0.4) is 0 Å². The van der Waals surface area contributed by atoms with E-state index in [1.54, 1.807) is 6.07 Å². The van der Waals surface area contributed by atoms with Gasteiger partial charge in [-0.25, -0.2) is 17.9 Å². The van der Waals surface area contributed by atoms with Gasteiger partial charge in [0.05, 0.1) is 4.90 Å². The summed E-state index contributed by atoms with van der Waals surface area (Å²) in [6.07, 6.45) is 0. The molecule has 0 saturated heterocycles. The van der Waals surface area contributed by atoms with Gasteiger partial charge in [-0.2, -0.15) is 0 Å². The van der Waals surface area contributed by atoms with E-state index in [0.29, 0.717) is 0 Å². The summed E-state index contributed by atoms with van der Waals surface area (Å²) in [5, 5.41) is 10.1. The molecular weight excluding hydrogens is 366 g/mol. The van der Waals surface area contributed by atoms with Crippen molar-refractivity contribution in [3.8, 4) is 0 Å². The first-order chi connectivity index (χ1) is 9.40. The van der Waals surface area contributed by atoms with E-state index in [-0.39, 0.29) is 16.3 Å². The van der Waals surface area contributed by atoms with Crippen molar-refractivity contribution >= 4 is 43.3 Å². The lowest BCUT2D eigenvalue weighted by atomic mass is 10.2. The largest absolute Gasteiger partial charge is 0.477 e. The lowest BCUT2D eigenvalue weighted by Gasteiger charge is -2.06. The molecule has 5 nitrogen and oxygen atoms in total. The molecule has 0 saturated carbocycles. The Kier molecular flexibility index (Phi) is 4.59. The van der Waals surface area contributed by atoms with Crippen molar-refractivity contribution in [3.63, 3.8) is 0 Å². The first-order valence-corrected chi connectivity index (χ1v) is 8.60. The first kappa shape index (κ1) is 15.2. The highest BCUT2D eigenvalue weighted by Gasteiger charge is 2.18. The molecule has 0 amide bonds. The Balaban J connectivity index is 2.15. The van der Waals surface area contributed by atoms with Gasteiger partial charge in [-0.1, -0.05) is 34.1 Å². The molecule has 2 aromatic rings. The molecule has 2 N–H and O–H groups in total. The normalized spacial score (nSPS) is 11.4. The highest BCUT2D eigenvalue weighted by molar-refractivity contribution is 9.10. The van der Waals surface area contributed by atoms with Gasteiger partial charge in [-0.05, 0) is 17.7 Å². The third-order valence-corrected chi connectivity index (χ3v) is 5.73. The van der Waals surface area contributed by atoms with Crippen molar-refractivity contribution in [2.24, 2.45) is 0 Å². The molecule has 20 heavy (non-hydrogen) atoms. The fourth-order valence-corrected chi connectivity index (χ4v) is 4.01. The number of rotatable bonds is 5. The van der Waals surface area contributed by atoms with Crippen molar-refractivity contribution in [3.05, 3.63) is 50.6 Å². The topological polar surface area (TPSA) is 83.5 Å². The zero-order chi connectivity index (χ0) is 14.8. The van der Waals surface area contributed by atoms with E-state index in [2.05, 4.69) is 20.7 Å². The number of carboxylic acids is 1. The van der Waals surface area contributed by atoms with Crippen LogP contribution in [0.1, 0.15) is 15.2 Å². The number of hydrogen-bond donors (Lipinski definition) is 2. The second-order valence-corrected chi connectivity index (χ2v) is 7.40. The summed E-state index contributed by atoms with van der Waals surface area (Å²) >= 11 is 4.21. The third-order valence-electron chi connectivity index (χ3n) is 2.51. The lowest BCUT2D eigenvalue weighted by Crippen LogP contribution is -2.23. The standard InChI is InChI=1S/C12H10BrNO4S2/c13-10-4-2-1-3-8(10)6-14-20(17,18)9-5-11(12(15)16)19-7-9/h1-5,7,14H,6H2,(H,15,16). The quantitative estimate of drug-likeness (QED) is 0.841. The van der Waals surface area contributed by atoms with Crippen LogP contribution in [0.2, 0.25) is 0 Å². The van der Waals surface area contributed by atoms with E-state index in [1.165, 1.54) is 5.38 Å². The highest BCUT2D eigenvalue weighted by atomic mass is 79.9. The van der Waals surface area contributed by atoms with E-state index in [1.807, 2.05) is 18.2 Å². The average molecular weight is 376 g/mol. The Hall–Kier alpha value is -1.22. The maximum absolute atomic E-state index is 12.0. The maximum Gasteiger partial charge on any atom is 0.345 e. The molecular formula is C12H10BrNO4S2. The molecule has 0 unspecified atom stereocenters. The summed E-state index contributed by atoms with van der Waals surface area (Å²) in [6.45, 7) is 0.127. The van der Waals surface area contributed by atoms with E-state index in [9.17, 15) is 13.2 Å². The van der Waals surface area contributed by atoms with Gasteiger partial charge < -0.3 is 5.11 Å². The van der Waals surface area contributed by atoms with E-state index in [0.717, 1.165) is 27.4 Å². The van der Waals surface area contributed by atoms with Gasteiger partial charge in [0.1, 0.15) is 4.88 Å². The van der Waals surface area contributed by atoms with Crippen molar-refractivity contribution < 1.29 is 18.3 Å². The molecule has 2 rings (SSSR count). The lowest BCUT2D eigenvalue weighted by molar-refractivity contribution is 0.0702. The molecule has 0 aliphatic heterocycles. The molecule has 0 aliphatic carbocycles. The Morgan fingerprint density at radius 1 is 1.35 bits per heavy atom. The van der Waals surface area contributed by atoms with Gasteiger partial charge in [-0.3, -0.25) is 0 Å². The van der Waals surface area contributed by atoms with Gasteiger partial charge >= 0.3 is 5.97 Å². The highest BCUT2D eigenvalue weighted by Crippen LogP contribution is 2.20. The van der Waals surface area contributed by atoms with Crippen LogP contribution in [0, 0.1) is 0 Å². The Bertz CT molecular complexity index is 739. The minimum absolute atomic E-state index is 0.00809. The van der Waals surface area contributed by atoms with Crippen LogP contribution < -0.4 is 4.72 Å². The van der Waals surface area contributed by atoms with E-state index >= 15 is 0 Å². The predicted molar refractivity (Wildman–Crippen MR) is 79.4 cm³/mol. The van der Waals surface area contributed by atoms with E-state index in [4.69, 9.17) is 5.11 Å². The van der Waals surface area contributed by atoms with Gasteiger partial charge in [0.15, 0.2) is 0 Å². The number of halogens is 1. The van der Waals surface area contributed by atoms with Gasteiger partial charge in [-0.15, -0.1) is 11.3 Å². The Morgan fingerprint density at radius 2 is 2.05 bits per heavy atom. The van der Waals surface area contributed by atoms with Crippen molar-refractivity contribution in [2.45, 2.75) is 11.4 Å². The number of thiophene rings is 1. The Morgan fingerprint density at radius 3 is 2.65 bits per heavy atom. The van der Waals surface area contributed by atoms with Crippen LogP contribution >= 0.6 is 27.3 Å². The molecule has 0 fully saturated rings. The zero-order valence-corrected chi connectivity index (χ0v) is 13.3. The average Bonchev–Trinajstić information content (AvgIpc) is 2.88. The van der Waals surface area contributed by atoms with Crippen LogP contribution in [0.4, 0.5) is 0 Å². The molecule has 1 heterocycles. The molecule has 0 aliphatic rings. The minimum atomic E-state index is -3.71. The number of sulfonamides is 1. The number of aromatic carboxylic acids is 1. The van der Waals surface area contributed by atoms with Gasteiger partial charge in [0.2, 0.25) is 10.0 Å². The molecule has 1 aromatic heterocycles. The fraction of sp³-hybridized carbons (Fsp3) is 0.0833. The summed E-state index contributed by atoms with van der Waals surface area (Å²) in [4.78, 5) is 10.7. The van der Waals surface area contributed by atoms with Crippen LogP contribution in [-0.4, -0.2) is 19.5 Å². The molecule has 0 spiro atoms. The van der Waals surface area contributed by atoms with Crippen molar-refractivity contribution in [1.82, 2.24) is 4.72 Å². The van der Waals surface area contributed by atoms with Crippen LogP contribution in [-0.2, 0) is 16.6 Å². The van der Waals surface area contributed by atoms with Crippen molar-refractivity contribution in [2.75, 3.05) is 0 Å². The summed E-state index contributed by atoms with van der Waals surface area (Å²) in [6, 6.07) is 8.40. The number of carboxylic acid groups (broad SMARTS) is 1. The molecule has 0 bridgehead atoms. The van der Waals surface area contributed by atoms with Crippen LogP contribution in [0.25, 0.3) is 0 Å². The number of carbonyl (C=O) groups is 1. The second kappa shape index (κ2) is 6.04. The summed E-state index contributed by atoms with van der Waals surface area (Å²) in [5.74, 6) is -1.14. The molecule has 1 aromatic carbocycles. The van der Waals surface area contributed by atoms with Gasteiger partial charge in [0, 0.05) is 16.4 Å². The smallest absolute Gasteiger partial charge is 0.345 e. The minimum Gasteiger partial charge on any atom is -0.477 e. The molecule has 106 valence electrons. The van der Waals surface area contributed by atoms with Crippen LogP contribution in [0.15, 0.2) is 45.1 Å². The summed E-state index contributed by atoms with van der Waals surface area (Å²) < 4.78 is 27.3. The number of hydrogen-bond acceptors (Lipinski definition) is 4. The SMILES string of the molecule is O=C(O)c1cc(S(=O)(=O)NCc2ccccc2Br)cs1. The van der Waals surface area contributed by atoms with Gasteiger partial charge in [0.25, 0.3) is 0 Å².